The quantitative estimate of drug-likeness (QED) is 0.897. The van der Waals surface area contributed by atoms with Crippen molar-refractivity contribution in [2.45, 2.75) is 19.9 Å². The van der Waals surface area contributed by atoms with Gasteiger partial charge in [-0.2, -0.15) is 0 Å². The molecule has 0 fully saturated rings. The molecule has 0 aliphatic rings. The lowest BCUT2D eigenvalue weighted by molar-refractivity contribution is -0.118. The van der Waals surface area contributed by atoms with Crippen molar-refractivity contribution in [1.82, 2.24) is 5.32 Å². The molecule has 2 rings (SSSR count). The number of fused-ring (bicyclic) bond motifs is 1. The average molecular weight is 241 g/mol. The standard InChI is InChI=1S/C15H15NO2/c1-10(11(2)17)16-15(18)14-8-7-12-5-3-4-6-13(12)9-14/h3-10H,1-2H3,(H,16,18). The predicted molar refractivity (Wildman–Crippen MR) is 71.6 cm³/mol. The van der Waals surface area contributed by atoms with E-state index >= 15 is 0 Å². The number of carbonyl (C=O) groups is 2. The van der Waals surface area contributed by atoms with E-state index in [1.165, 1.54) is 6.92 Å². The van der Waals surface area contributed by atoms with Gasteiger partial charge in [0.05, 0.1) is 6.04 Å². The molecule has 1 N–H and O–H groups in total. The monoisotopic (exact) mass is 241 g/mol. The van der Waals surface area contributed by atoms with Crippen LogP contribution in [0.4, 0.5) is 0 Å². The Morgan fingerprint density at radius 2 is 1.72 bits per heavy atom. The van der Waals surface area contributed by atoms with Crippen LogP contribution in [0.5, 0.6) is 0 Å². The SMILES string of the molecule is CC(=O)C(C)NC(=O)c1ccc2ccccc2c1. The van der Waals surface area contributed by atoms with Gasteiger partial charge in [0.25, 0.3) is 5.91 Å². The van der Waals surface area contributed by atoms with E-state index in [1.54, 1.807) is 13.0 Å². The third-order valence-electron chi connectivity index (χ3n) is 2.97. The number of hydrogen-bond acceptors (Lipinski definition) is 2. The molecule has 0 heterocycles. The molecule has 1 atom stereocenters. The molecular weight excluding hydrogens is 226 g/mol. The summed E-state index contributed by atoms with van der Waals surface area (Å²) in [6.07, 6.45) is 0. The number of carbonyl (C=O) groups excluding carboxylic acids is 2. The van der Waals surface area contributed by atoms with Crippen molar-refractivity contribution in [3.05, 3.63) is 48.0 Å². The molecule has 0 aromatic heterocycles. The van der Waals surface area contributed by atoms with Crippen LogP contribution in [0, 0.1) is 0 Å². The van der Waals surface area contributed by atoms with Crippen LogP contribution < -0.4 is 5.32 Å². The Bertz CT molecular complexity index is 604. The number of amides is 1. The molecule has 0 saturated carbocycles. The topological polar surface area (TPSA) is 46.2 Å². The minimum Gasteiger partial charge on any atom is -0.343 e. The van der Waals surface area contributed by atoms with Crippen LogP contribution in [0.1, 0.15) is 24.2 Å². The molecule has 0 bridgehead atoms. The first kappa shape index (κ1) is 12.3. The van der Waals surface area contributed by atoms with Gasteiger partial charge in [-0.1, -0.05) is 30.3 Å². The fourth-order valence-corrected chi connectivity index (χ4v) is 1.71. The maximum absolute atomic E-state index is 11.9. The molecule has 3 nitrogen and oxygen atoms in total. The first-order chi connectivity index (χ1) is 8.58. The normalized spacial score (nSPS) is 12.1. The smallest absolute Gasteiger partial charge is 0.251 e. The van der Waals surface area contributed by atoms with Crippen molar-refractivity contribution in [3.8, 4) is 0 Å². The summed E-state index contributed by atoms with van der Waals surface area (Å²) in [5.41, 5.74) is 0.571. The molecule has 0 saturated heterocycles. The minimum absolute atomic E-state index is 0.0517. The van der Waals surface area contributed by atoms with E-state index < -0.39 is 6.04 Å². The van der Waals surface area contributed by atoms with E-state index in [-0.39, 0.29) is 11.7 Å². The Kier molecular flexibility index (Phi) is 3.42. The number of nitrogens with one attached hydrogen (secondary N) is 1. The third kappa shape index (κ3) is 2.56. The van der Waals surface area contributed by atoms with Crippen molar-refractivity contribution in [2.75, 3.05) is 0 Å². The molecule has 2 aromatic rings. The summed E-state index contributed by atoms with van der Waals surface area (Å²) in [5.74, 6) is -0.271. The fourth-order valence-electron chi connectivity index (χ4n) is 1.71. The van der Waals surface area contributed by atoms with Crippen molar-refractivity contribution in [3.63, 3.8) is 0 Å². The Labute approximate surface area is 106 Å². The zero-order valence-electron chi connectivity index (χ0n) is 10.4. The van der Waals surface area contributed by atoms with Gasteiger partial charge < -0.3 is 5.32 Å². The average Bonchev–Trinajstić information content (AvgIpc) is 2.37. The molecule has 2 aromatic carbocycles. The number of Topliss-reactive ketones (excluding diaryl/α,β-unsaturated/α-hetero) is 1. The lowest BCUT2D eigenvalue weighted by atomic mass is 10.1. The molecule has 1 unspecified atom stereocenters. The molecule has 3 heteroatoms. The zero-order chi connectivity index (χ0) is 13.1. The molecule has 0 aliphatic heterocycles. The number of hydrogen-bond donors (Lipinski definition) is 1. The van der Waals surface area contributed by atoms with E-state index in [2.05, 4.69) is 5.32 Å². The summed E-state index contributed by atoms with van der Waals surface area (Å²) in [7, 11) is 0. The van der Waals surface area contributed by atoms with Crippen molar-refractivity contribution >= 4 is 22.5 Å². The summed E-state index contributed by atoms with van der Waals surface area (Å²) in [6, 6.07) is 12.9. The highest BCUT2D eigenvalue weighted by atomic mass is 16.2. The second-order valence-corrected chi connectivity index (χ2v) is 4.37. The summed E-state index contributed by atoms with van der Waals surface area (Å²) >= 11 is 0. The minimum atomic E-state index is -0.455. The molecule has 0 aliphatic carbocycles. The van der Waals surface area contributed by atoms with Crippen molar-refractivity contribution in [2.24, 2.45) is 0 Å². The second-order valence-electron chi connectivity index (χ2n) is 4.37. The van der Waals surface area contributed by atoms with Crippen LogP contribution in [0.15, 0.2) is 42.5 Å². The lowest BCUT2D eigenvalue weighted by Gasteiger charge is -2.10. The van der Waals surface area contributed by atoms with Gasteiger partial charge in [-0.3, -0.25) is 9.59 Å². The predicted octanol–water partition coefficient (Wildman–Crippen LogP) is 2.55. The highest BCUT2D eigenvalue weighted by molar-refractivity contribution is 6.00. The van der Waals surface area contributed by atoms with E-state index in [1.807, 2.05) is 36.4 Å². The van der Waals surface area contributed by atoms with Crippen molar-refractivity contribution < 1.29 is 9.59 Å². The number of benzene rings is 2. The van der Waals surface area contributed by atoms with Gasteiger partial charge in [-0.25, -0.2) is 0 Å². The summed E-state index contributed by atoms with van der Waals surface area (Å²) in [6.45, 7) is 3.15. The first-order valence-corrected chi connectivity index (χ1v) is 5.88. The largest absolute Gasteiger partial charge is 0.343 e. The molecule has 1 amide bonds. The number of rotatable bonds is 3. The Morgan fingerprint density at radius 1 is 1.06 bits per heavy atom. The van der Waals surface area contributed by atoms with Crippen LogP contribution in [0.2, 0.25) is 0 Å². The van der Waals surface area contributed by atoms with E-state index in [0.717, 1.165) is 10.8 Å². The fraction of sp³-hybridized carbons (Fsp3) is 0.200. The van der Waals surface area contributed by atoms with Gasteiger partial charge in [0, 0.05) is 5.56 Å². The Balaban J connectivity index is 2.25. The van der Waals surface area contributed by atoms with Crippen LogP contribution in [0.25, 0.3) is 10.8 Å². The van der Waals surface area contributed by atoms with Gasteiger partial charge in [0.2, 0.25) is 0 Å². The Hall–Kier alpha value is -2.16. The Morgan fingerprint density at radius 3 is 2.39 bits per heavy atom. The summed E-state index contributed by atoms with van der Waals surface area (Å²) < 4.78 is 0. The van der Waals surface area contributed by atoms with Gasteiger partial charge in [0.15, 0.2) is 5.78 Å². The van der Waals surface area contributed by atoms with Crippen molar-refractivity contribution in [1.29, 1.82) is 0 Å². The van der Waals surface area contributed by atoms with E-state index in [9.17, 15) is 9.59 Å². The molecule has 18 heavy (non-hydrogen) atoms. The third-order valence-corrected chi connectivity index (χ3v) is 2.97. The molecular formula is C15H15NO2. The highest BCUT2D eigenvalue weighted by Gasteiger charge is 2.12. The highest BCUT2D eigenvalue weighted by Crippen LogP contribution is 2.15. The summed E-state index contributed by atoms with van der Waals surface area (Å²) in [5, 5.41) is 4.78. The zero-order valence-corrected chi connectivity index (χ0v) is 10.4. The second kappa shape index (κ2) is 5.00. The van der Waals surface area contributed by atoms with Gasteiger partial charge in [-0.15, -0.1) is 0 Å². The van der Waals surface area contributed by atoms with Crippen LogP contribution >= 0.6 is 0 Å². The van der Waals surface area contributed by atoms with Crippen LogP contribution in [-0.2, 0) is 4.79 Å². The first-order valence-electron chi connectivity index (χ1n) is 5.88. The van der Waals surface area contributed by atoms with Crippen LogP contribution in [0.3, 0.4) is 0 Å². The lowest BCUT2D eigenvalue weighted by Crippen LogP contribution is -2.37. The van der Waals surface area contributed by atoms with Gasteiger partial charge in [0.1, 0.15) is 0 Å². The van der Waals surface area contributed by atoms with E-state index in [4.69, 9.17) is 0 Å². The van der Waals surface area contributed by atoms with E-state index in [0.29, 0.717) is 5.56 Å². The maximum atomic E-state index is 11.9. The molecule has 0 spiro atoms. The van der Waals surface area contributed by atoms with Crippen LogP contribution in [-0.4, -0.2) is 17.7 Å². The van der Waals surface area contributed by atoms with Gasteiger partial charge >= 0.3 is 0 Å². The van der Waals surface area contributed by atoms with Gasteiger partial charge in [-0.05, 0) is 36.8 Å². The maximum Gasteiger partial charge on any atom is 0.251 e. The number of ketones is 1. The summed E-state index contributed by atoms with van der Waals surface area (Å²) in [4.78, 5) is 23.0. The molecule has 92 valence electrons. The molecule has 0 radical (unpaired) electrons.